The highest BCUT2D eigenvalue weighted by atomic mass is 127. The fraction of sp³-hybridized carbons (Fsp3) is 0.843. The Morgan fingerprint density at radius 1 is 0.800 bits per heavy atom. The number of ketones is 1. The van der Waals surface area contributed by atoms with Crippen LogP contribution in [0.5, 0.6) is 0 Å². The molecule has 4 rings (SSSR count). The van der Waals surface area contributed by atoms with Gasteiger partial charge >= 0.3 is 17.9 Å². The minimum absolute atomic E-state index is 0.0789. The summed E-state index contributed by atoms with van der Waals surface area (Å²) in [7, 11) is 4.83. The van der Waals surface area contributed by atoms with E-state index in [2.05, 4.69) is 43.4 Å². The van der Waals surface area contributed by atoms with Crippen molar-refractivity contribution in [2.75, 3.05) is 54.7 Å². The molecule has 17 nitrogen and oxygen atoms in total. The highest BCUT2D eigenvalue weighted by Gasteiger charge is 2.53. The second-order valence-electron chi connectivity index (χ2n) is 19.8. The molecule has 0 aliphatic carbocycles. The van der Waals surface area contributed by atoms with E-state index in [1.807, 2.05) is 52.8 Å². The van der Waals surface area contributed by atoms with Crippen LogP contribution in [0.15, 0.2) is 23.8 Å². The van der Waals surface area contributed by atoms with Crippen LogP contribution >= 0.6 is 22.6 Å². The molecule has 3 saturated heterocycles. The van der Waals surface area contributed by atoms with Crippen LogP contribution in [0, 0.1) is 23.7 Å². The lowest BCUT2D eigenvalue weighted by atomic mass is 9.79. The van der Waals surface area contributed by atoms with Gasteiger partial charge in [0.05, 0.1) is 49.6 Å². The van der Waals surface area contributed by atoms with Gasteiger partial charge in [0.2, 0.25) is 0 Å². The number of hydrogen-bond donors (Lipinski definition) is 0. The van der Waals surface area contributed by atoms with Crippen LogP contribution < -0.4 is 0 Å². The monoisotopic (exact) mass is 1120 g/mol. The van der Waals surface area contributed by atoms with Crippen molar-refractivity contribution >= 4 is 54.6 Å². The number of ether oxygens (including phenoxy) is 11. The predicted octanol–water partition coefficient (Wildman–Crippen LogP) is 7.35. The lowest BCUT2D eigenvalue weighted by molar-refractivity contribution is -0.309. The van der Waals surface area contributed by atoms with Gasteiger partial charge in [0.15, 0.2) is 36.9 Å². The first-order valence-electron chi connectivity index (χ1n) is 25.5. The van der Waals surface area contributed by atoms with Gasteiger partial charge in [-0.2, -0.15) is 0 Å². The summed E-state index contributed by atoms with van der Waals surface area (Å²) in [5.74, 6) is -3.38. The molecule has 70 heavy (non-hydrogen) atoms. The van der Waals surface area contributed by atoms with Gasteiger partial charge in [-0.3, -0.25) is 24.1 Å². The second-order valence-corrected chi connectivity index (χ2v) is 25.8. The van der Waals surface area contributed by atoms with Crippen LogP contribution in [0.25, 0.3) is 0 Å². The quantitative estimate of drug-likeness (QED) is 0.0521. The topological polar surface area (TPSA) is 182 Å². The third kappa shape index (κ3) is 16.8. The molecular weight excluding hydrogens is 1040 g/mol. The first-order chi connectivity index (χ1) is 33.2. The largest absolute Gasteiger partial charge is 0.458 e. The van der Waals surface area contributed by atoms with E-state index in [-0.39, 0.29) is 36.9 Å². The zero-order valence-electron chi connectivity index (χ0n) is 44.4. The van der Waals surface area contributed by atoms with Crippen molar-refractivity contribution in [3.8, 4) is 0 Å². The summed E-state index contributed by atoms with van der Waals surface area (Å²) >= 11 is 2.13. The molecule has 2 bridgehead atoms. The minimum atomic E-state index is -2.05. The SMILES string of the molecule is CC[Si](CC)(CC)O[C@@H]1C(C)O[C@@H](OC[C@H]2/C=C(C)/C=C/C(=O)[C@H](C)C[C@@H]3CCOCCCCO[C@H](CC(=O)O[C@@H]2I)[C@H](C)[C@H]3OC2OC(C)[C@@H](OC(C)=O)C(N(C)C)C2OC(C)=O)C(OC)C1OC. The maximum atomic E-state index is 14.3. The van der Waals surface area contributed by atoms with Crippen molar-refractivity contribution in [1.82, 2.24) is 4.90 Å². The number of alkyl halides is 1. The third-order valence-electron chi connectivity index (χ3n) is 14.6. The lowest BCUT2D eigenvalue weighted by Gasteiger charge is -2.48. The third-order valence-corrected chi connectivity index (χ3v) is 20.4. The molecule has 0 spiro atoms. The number of nitrogens with zero attached hydrogens (tertiary/aromatic N) is 1. The average molecular weight is 1120 g/mol. The summed E-state index contributed by atoms with van der Waals surface area (Å²) in [5, 5.41) is 0. The van der Waals surface area contributed by atoms with E-state index >= 15 is 0 Å². The van der Waals surface area contributed by atoms with E-state index < -0.39 is 109 Å². The maximum absolute atomic E-state index is 14.3. The van der Waals surface area contributed by atoms with Gasteiger partial charge in [-0.25, -0.2) is 0 Å². The van der Waals surface area contributed by atoms with Gasteiger partial charge in [0.25, 0.3) is 0 Å². The molecule has 0 N–H and O–H groups in total. The number of esters is 3. The fourth-order valence-corrected chi connectivity index (χ4v) is 13.9. The molecule has 4 aliphatic rings. The summed E-state index contributed by atoms with van der Waals surface area (Å²) in [4.78, 5) is 55.4. The summed E-state index contributed by atoms with van der Waals surface area (Å²) in [6.45, 7) is 20.1. The van der Waals surface area contributed by atoms with Crippen molar-refractivity contribution in [2.24, 2.45) is 23.7 Å². The van der Waals surface area contributed by atoms with Gasteiger partial charge in [0, 0.05) is 65.6 Å². The van der Waals surface area contributed by atoms with Crippen molar-refractivity contribution in [3.63, 3.8) is 0 Å². The van der Waals surface area contributed by atoms with Crippen LogP contribution in [0.4, 0.5) is 0 Å². The molecular formula is C51H86INO16Si. The Bertz CT molecular complexity index is 1710. The van der Waals surface area contributed by atoms with Crippen LogP contribution in [-0.4, -0.2) is 169 Å². The van der Waals surface area contributed by atoms with Crippen LogP contribution in [0.1, 0.15) is 101 Å². The van der Waals surface area contributed by atoms with E-state index in [1.54, 1.807) is 33.3 Å². The Balaban J connectivity index is 1.71. The number of methoxy groups -OCH3 is 2. The van der Waals surface area contributed by atoms with E-state index in [0.717, 1.165) is 30.1 Å². The standard InChI is InChI=1S/C51H86INO16Si/c1-15-70(16-2,17-3)69-45-34(8)63-50(48(59-14)47(45)58-13)62-29-38-26-30(4)20-21-39(56)31(5)27-37-22-25-60-23-18-19-24-61-40(28-41(57)67-49(38)52)32(6)43(37)68-51-46(66-36(10)55)42(53(11)12)44(33(7)64-51)65-35(9)54/h20-21,26,31-34,37-38,40,42-51H,15-19,22-25,27-29H2,1-14H3/b21-20+,30-26+/t31-,32+,33?,34?,37+,38-,40-,42?,43-,44-,45-,46?,47?,48?,49+,50-,51?/m1/s1. The molecule has 0 aromatic carbocycles. The predicted molar refractivity (Wildman–Crippen MR) is 272 cm³/mol. The highest BCUT2D eigenvalue weighted by Crippen LogP contribution is 2.38. The zero-order valence-corrected chi connectivity index (χ0v) is 47.5. The van der Waals surface area contributed by atoms with Gasteiger partial charge in [0.1, 0.15) is 18.3 Å². The number of allylic oxidation sites excluding steroid dienone is 3. The molecule has 0 radical (unpaired) electrons. The Labute approximate surface area is 432 Å². The number of fused-ring (bicyclic) bond motifs is 3. The zero-order chi connectivity index (χ0) is 51.9. The fourth-order valence-electron chi connectivity index (χ4n) is 10.3. The molecule has 19 heteroatoms. The number of likely N-dealkylation sites (N-methyl/N-ethyl adjacent to an activating group) is 1. The van der Waals surface area contributed by atoms with E-state index in [9.17, 15) is 19.2 Å². The van der Waals surface area contributed by atoms with Gasteiger partial charge < -0.3 is 56.5 Å². The Morgan fingerprint density at radius 3 is 2.03 bits per heavy atom. The Kier molecular flexibility index (Phi) is 25.4. The molecule has 0 aromatic rings. The minimum Gasteiger partial charge on any atom is -0.458 e. The molecule has 402 valence electrons. The lowest BCUT2D eigenvalue weighted by Crippen LogP contribution is -2.65. The summed E-state index contributed by atoms with van der Waals surface area (Å²) in [6, 6.07) is 2.27. The highest BCUT2D eigenvalue weighted by molar-refractivity contribution is 14.1. The molecule has 4 aliphatic heterocycles. The normalized spacial score (nSPS) is 38.1. The number of rotatable bonds is 15. The van der Waals surface area contributed by atoms with Crippen LogP contribution in [-0.2, 0) is 75.7 Å². The number of carbonyl (C=O) groups excluding carboxylic acids is 4. The van der Waals surface area contributed by atoms with Gasteiger partial charge in [-0.1, -0.05) is 52.3 Å². The van der Waals surface area contributed by atoms with Crippen molar-refractivity contribution in [3.05, 3.63) is 23.8 Å². The van der Waals surface area contributed by atoms with E-state index in [4.69, 9.17) is 56.5 Å². The first kappa shape index (κ1) is 60.7. The number of halogens is 1. The molecule has 0 saturated carbocycles. The van der Waals surface area contributed by atoms with Crippen LogP contribution in [0.2, 0.25) is 18.1 Å². The smallest absolute Gasteiger partial charge is 0.309 e. The average Bonchev–Trinajstić information content (AvgIpc) is 3.30. The van der Waals surface area contributed by atoms with E-state index in [0.29, 0.717) is 39.1 Å². The Morgan fingerprint density at radius 2 is 1.41 bits per heavy atom. The molecule has 17 atom stereocenters. The van der Waals surface area contributed by atoms with Crippen molar-refractivity contribution in [2.45, 2.75) is 197 Å². The van der Waals surface area contributed by atoms with Gasteiger partial charge in [-0.05, 0) is 113 Å². The van der Waals surface area contributed by atoms with Crippen molar-refractivity contribution in [1.29, 1.82) is 0 Å². The van der Waals surface area contributed by atoms with Crippen molar-refractivity contribution < 1.29 is 75.7 Å². The van der Waals surface area contributed by atoms with E-state index in [1.165, 1.54) is 13.8 Å². The number of cyclic esters (lactones) is 1. The Hall–Kier alpha value is -1.89. The molecule has 0 amide bonds. The summed E-state index contributed by atoms with van der Waals surface area (Å²) in [5.41, 5.74) is 0.772. The second kappa shape index (κ2) is 29.3. The molecule has 3 fully saturated rings. The number of hydrogen-bond acceptors (Lipinski definition) is 17. The first-order valence-corrected chi connectivity index (χ1v) is 29.3. The molecule has 4 heterocycles. The van der Waals surface area contributed by atoms with Crippen LogP contribution in [0.3, 0.4) is 0 Å². The summed E-state index contributed by atoms with van der Waals surface area (Å²) in [6.07, 6.45) is -0.0763. The molecule has 0 aromatic heterocycles. The maximum Gasteiger partial charge on any atom is 0.309 e. The summed E-state index contributed by atoms with van der Waals surface area (Å²) < 4.78 is 75.8. The van der Waals surface area contributed by atoms with Gasteiger partial charge in [-0.15, -0.1) is 0 Å². The number of carbonyl (C=O) groups is 4. The molecule has 7 unspecified atom stereocenters.